The second kappa shape index (κ2) is 11.6. The summed E-state index contributed by atoms with van der Waals surface area (Å²) < 4.78 is 5.85. The van der Waals surface area contributed by atoms with Gasteiger partial charge in [-0.2, -0.15) is 11.8 Å². The Balaban J connectivity index is 0.00000220. The van der Waals surface area contributed by atoms with Crippen molar-refractivity contribution in [3.05, 3.63) is 0 Å². The molecular weight excluding hydrogens is 308 g/mol. The molecule has 1 atom stereocenters. The van der Waals surface area contributed by atoms with Crippen LogP contribution >= 0.6 is 24.2 Å². The highest BCUT2D eigenvalue weighted by Gasteiger charge is 2.16. The van der Waals surface area contributed by atoms with Crippen LogP contribution in [0.4, 0.5) is 0 Å². The number of carbonyl (C=O) groups is 1. The van der Waals surface area contributed by atoms with Gasteiger partial charge in [-0.05, 0) is 19.3 Å². The van der Waals surface area contributed by atoms with E-state index in [9.17, 15) is 4.79 Å². The number of hydrogen-bond acceptors (Lipinski definition) is 4. The van der Waals surface area contributed by atoms with Crippen molar-refractivity contribution in [2.75, 3.05) is 31.2 Å². The summed E-state index contributed by atoms with van der Waals surface area (Å²) in [6.45, 7) is 2.55. The van der Waals surface area contributed by atoms with Crippen molar-refractivity contribution in [3.8, 4) is 0 Å². The summed E-state index contributed by atoms with van der Waals surface area (Å²) in [5.41, 5.74) is 0. The first-order valence-corrected chi connectivity index (χ1v) is 9.19. The molecule has 2 aliphatic rings. The molecule has 1 amide bonds. The monoisotopic (exact) mass is 336 g/mol. The van der Waals surface area contributed by atoms with Crippen LogP contribution in [0.3, 0.4) is 0 Å². The molecule has 1 aliphatic carbocycles. The highest BCUT2D eigenvalue weighted by Crippen LogP contribution is 2.20. The number of halogens is 1. The van der Waals surface area contributed by atoms with Crippen molar-refractivity contribution >= 4 is 30.1 Å². The maximum absolute atomic E-state index is 11.8. The lowest BCUT2D eigenvalue weighted by molar-refractivity contribution is -0.121. The largest absolute Gasteiger partial charge is 0.378 e. The van der Waals surface area contributed by atoms with Gasteiger partial charge in [-0.3, -0.25) is 4.79 Å². The third-order valence-electron chi connectivity index (χ3n) is 3.98. The smallest absolute Gasteiger partial charge is 0.221 e. The fourth-order valence-corrected chi connectivity index (χ4v) is 3.78. The summed E-state index contributed by atoms with van der Waals surface area (Å²) in [5, 5.41) is 6.39. The zero-order valence-electron chi connectivity index (χ0n) is 12.8. The first kappa shape index (κ1) is 19.1. The Morgan fingerprint density at radius 3 is 2.81 bits per heavy atom. The van der Waals surface area contributed by atoms with Crippen LogP contribution in [0.15, 0.2) is 0 Å². The van der Waals surface area contributed by atoms with Crippen LogP contribution < -0.4 is 10.6 Å². The minimum absolute atomic E-state index is 0. The van der Waals surface area contributed by atoms with Gasteiger partial charge >= 0.3 is 0 Å². The Kier molecular flexibility index (Phi) is 10.5. The van der Waals surface area contributed by atoms with Gasteiger partial charge in [0.15, 0.2) is 0 Å². The number of ether oxygens (including phenoxy) is 1. The van der Waals surface area contributed by atoms with E-state index >= 15 is 0 Å². The van der Waals surface area contributed by atoms with Gasteiger partial charge in [0.1, 0.15) is 0 Å². The Hall–Kier alpha value is 0.0300. The van der Waals surface area contributed by atoms with E-state index in [2.05, 4.69) is 10.6 Å². The van der Waals surface area contributed by atoms with Crippen molar-refractivity contribution in [1.82, 2.24) is 10.6 Å². The van der Waals surface area contributed by atoms with Crippen molar-refractivity contribution in [2.45, 2.75) is 57.1 Å². The Labute approximate surface area is 138 Å². The highest BCUT2D eigenvalue weighted by atomic mass is 35.5. The molecule has 2 fully saturated rings. The van der Waals surface area contributed by atoms with Crippen molar-refractivity contribution in [3.63, 3.8) is 0 Å². The topological polar surface area (TPSA) is 50.4 Å². The molecule has 0 bridgehead atoms. The van der Waals surface area contributed by atoms with Gasteiger partial charge in [0, 0.05) is 43.7 Å². The van der Waals surface area contributed by atoms with Gasteiger partial charge in [-0.15, -0.1) is 12.4 Å². The highest BCUT2D eigenvalue weighted by molar-refractivity contribution is 7.99. The predicted molar refractivity (Wildman–Crippen MR) is 91.4 cm³/mol. The zero-order valence-corrected chi connectivity index (χ0v) is 14.4. The van der Waals surface area contributed by atoms with Crippen LogP contribution in [-0.4, -0.2) is 49.3 Å². The van der Waals surface area contributed by atoms with E-state index in [1.807, 2.05) is 11.8 Å². The lowest BCUT2D eigenvalue weighted by Crippen LogP contribution is -2.41. The third-order valence-corrected chi connectivity index (χ3v) is 5.11. The minimum atomic E-state index is 0. The summed E-state index contributed by atoms with van der Waals surface area (Å²) in [6, 6.07) is 0.354. The second-order valence-corrected chi connectivity index (χ2v) is 6.91. The molecule has 0 aromatic rings. The number of rotatable bonds is 7. The van der Waals surface area contributed by atoms with E-state index in [1.54, 1.807) is 0 Å². The summed E-state index contributed by atoms with van der Waals surface area (Å²) in [6.07, 6.45) is 8.44. The standard InChI is InChI=1S/C15H28N2O2S.ClH/c18-15(11-13-12-20-10-8-16-13)17-7-4-9-19-14-5-2-1-3-6-14;/h13-14,16H,1-12H2,(H,17,18);1H. The van der Waals surface area contributed by atoms with E-state index in [0.717, 1.165) is 37.6 Å². The van der Waals surface area contributed by atoms with E-state index in [4.69, 9.17) is 4.74 Å². The summed E-state index contributed by atoms with van der Waals surface area (Å²) in [7, 11) is 0. The van der Waals surface area contributed by atoms with Gasteiger partial charge in [0.05, 0.1) is 6.10 Å². The molecule has 1 aliphatic heterocycles. The van der Waals surface area contributed by atoms with Crippen molar-refractivity contribution in [1.29, 1.82) is 0 Å². The third kappa shape index (κ3) is 8.29. The molecule has 1 heterocycles. The molecule has 0 radical (unpaired) electrons. The Morgan fingerprint density at radius 2 is 2.10 bits per heavy atom. The maximum Gasteiger partial charge on any atom is 0.221 e. The van der Waals surface area contributed by atoms with Gasteiger partial charge in [0.25, 0.3) is 0 Å². The molecule has 0 aromatic carbocycles. The fraction of sp³-hybridized carbons (Fsp3) is 0.933. The number of carbonyl (C=O) groups excluding carboxylic acids is 1. The van der Waals surface area contributed by atoms with E-state index < -0.39 is 0 Å². The van der Waals surface area contributed by atoms with Crippen LogP contribution in [0.2, 0.25) is 0 Å². The van der Waals surface area contributed by atoms with Gasteiger partial charge in [0.2, 0.25) is 5.91 Å². The summed E-state index contributed by atoms with van der Waals surface area (Å²) >= 11 is 1.93. The molecule has 6 heteroatoms. The average Bonchev–Trinajstić information content (AvgIpc) is 2.49. The molecule has 2 N–H and O–H groups in total. The number of hydrogen-bond donors (Lipinski definition) is 2. The molecule has 21 heavy (non-hydrogen) atoms. The molecule has 4 nitrogen and oxygen atoms in total. The quantitative estimate of drug-likeness (QED) is 0.701. The lowest BCUT2D eigenvalue weighted by atomic mass is 9.98. The second-order valence-electron chi connectivity index (χ2n) is 5.76. The van der Waals surface area contributed by atoms with Gasteiger partial charge < -0.3 is 15.4 Å². The number of nitrogens with one attached hydrogen (secondary N) is 2. The lowest BCUT2D eigenvalue weighted by Gasteiger charge is -2.23. The van der Waals surface area contributed by atoms with E-state index in [0.29, 0.717) is 18.6 Å². The predicted octanol–water partition coefficient (Wildman–Crippen LogP) is 2.36. The number of amides is 1. The Bertz CT molecular complexity index is 283. The van der Waals surface area contributed by atoms with E-state index in [-0.39, 0.29) is 18.3 Å². The molecule has 0 aromatic heterocycles. The molecule has 1 saturated heterocycles. The molecular formula is C15H29ClN2O2S. The first-order valence-electron chi connectivity index (χ1n) is 8.04. The summed E-state index contributed by atoms with van der Waals surface area (Å²) in [4.78, 5) is 11.8. The van der Waals surface area contributed by atoms with E-state index in [1.165, 1.54) is 32.1 Å². The molecule has 124 valence electrons. The molecule has 0 spiro atoms. The molecule has 1 saturated carbocycles. The van der Waals surface area contributed by atoms with Gasteiger partial charge in [-0.1, -0.05) is 19.3 Å². The normalized spacial score (nSPS) is 23.3. The molecule has 1 unspecified atom stereocenters. The van der Waals surface area contributed by atoms with Crippen LogP contribution in [0.5, 0.6) is 0 Å². The van der Waals surface area contributed by atoms with Crippen LogP contribution in [-0.2, 0) is 9.53 Å². The van der Waals surface area contributed by atoms with Crippen molar-refractivity contribution in [2.24, 2.45) is 0 Å². The van der Waals surface area contributed by atoms with Crippen molar-refractivity contribution < 1.29 is 9.53 Å². The van der Waals surface area contributed by atoms with Crippen LogP contribution in [0.25, 0.3) is 0 Å². The van der Waals surface area contributed by atoms with Crippen LogP contribution in [0.1, 0.15) is 44.9 Å². The summed E-state index contributed by atoms with van der Waals surface area (Å²) in [5.74, 6) is 2.39. The molecule has 2 rings (SSSR count). The average molecular weight is 337 g/mol. The Morgan fingerprint density at radius 1 is 1.29 bits per heavy atom. The fourth-order valence-electron chi connectivity index (χ4n) is 2.83. The van der Waals surface area contributed by atoms with Gasteiger partial charge in [-0.25, -0.2) is 0 Å². The first-order chi connectivity index (χ1) is 9.84. The SMILES string of the molecule is Cl.O=C(CC1CSCCN1)NCCCOC1CCCCC1. The van der Waals surface area contributed by atoms with Crippen LogP contribution in [0, 0.1) is 0 Å². The maximum atomic E-state index is 11.8. The zero-order chi connectivity index (χ0) is 14.0. The number of thioether (sulfide) groups is 1. The minimum Gasteiger partial charge on any atom is -0.378 e.